The number of carbonyl (C=O) groups excluding carboxylic acids is 1. The van der Waals surface area contributed by atoms with Crippen molar-refractivity contribution in [1.82, 2.24) is 34.2 Å². The van der Waals surface area contributed by atoms with Crippen LogP contribution in [0.15, 0.2) is 67.4 Å². The number of hydrogen-bond acceptors (Lipinski definition) is 5. The Morgan fingerprint density at radius 2 is 1.69 bits per heavy atom. The summed E-state index contributed by atoms with van der Waals surface area (Å²) in [5.41, 5.74) is 6.63. The van der Waals surface area contributed by atoms with Crippen LogP contribution in [0.25, 0.3) is 44.7 Å². The van der Waals surface area contributed by atoms with Gasteiger partial charge in [-0.15, -0.1) is 10.2 Å². The molecule has 0 atom stereocenters. The number of likely N-dealkylation sites (N-methyl/N-ethyl adjacent to an activating group) is 1. The number of rotatable bonds is 4. The van der Waals surface area contributed by atoms with Crippen LogP contribution in [0.4, 0.5) is 0 Å². The van der Waals surface area contributed by atoms with E-state index in [9.17, 15) is 4.79 Å². The first-order valence-corrected chi connectivity index (χ1v) is 11.7. The summed E-state index contributed by atoms with van der Waals surface area (Å²) in [5.74, 6) is 0.885. The quantitative estimate of drug-likeness (QED) is 0.386. The number of aromatic nitrogens is 6. The summed E-state index contributed by atoms with van der Waals surface area (Å²) in [5, 5.41) is 9.34. The van der Waals surface area contributed by atoms with E-state index in [1.54, 1.807) is 17.4 Å². The number of pyridine rings is 2. The fraction of sp³-hybridized carbons (Fsp3) is 0.222. The van der Waals surface area contributed by atoms with Gasteiger partial charge in [0, 0.05) is 66.8 Å². The Kier molecular flexibility index (Phi) is 4.95. The summed E-state index contributed by atoms with van der Waals surface area (Å²) >= 11 is 0. The van der Waals surface area contributed by atoms with Gasteiger partial charge in [0.2, 0.25) is 0 Å². The van der Waals surface area contributed by atoms with Crippen LogP contribution in [0.1, 0.15) is 30.4 Å². The minimum absolute atomic E-state index is 0.0282. The molecule has 5 heterocycles. The zero-order chi connectivity index (χ0) is 24.1. The highest BCUT2D eigenvalue weighted by Gasteiger charge is 2.25. The van der Waals surface area contributed by atoms with Crippen molar-refractivity contribution in [2.75, 3.05) is 13.6 Å². The average Bonchev–Trinajstić information content (AvgIpc) is 3.52. The number of carbonyl (C=O) groups is 1. The zero-order valence-corrected chi connectivity index (χ0v) is 19.9. The van der Waals surface area contributed by atoms with Gasteiger partial charge in [0.25, 0.3) is 5.91 Å². The van der Waals surface area contributed by atoms with E-state index in [0.717, 1.165) is 51.2 Å². The van der Waals surface area contributed by atoms with E-state index in [0.29, 0.717) is 12.2 Å². The van der Waals surface area contributed by atoms with E-state index in [2.05, 4.69) is 68.9 Å². The summed E-state index contributed by atoms with van der Waals surface area (Å²) in [6.45, 7) is 5.66. The van der Waals surface area contributed by atoms with Crippen LogP contribution in [0.2, 0.25) is 0 Å². The van der Waals surface area contributed by atoms with Crippen molar-refractivity contribution in [3.8, 4) is 33.6 Å². The molecule has 8 heteroatoms. The predicted molar refractivity (Wildman–Crippen MR) is 135 cm³/mol. The van der Waals surface area contributed by atoms with Crippen molar-refractivity contribution in [2.24, 2.45) is 0 Å². The van der Waals surface area contributed by atoms with Crippen LogP contribution in [0.3, 0.4) is 0 Å². The molecule has 0 spiro atoms. The maximum atomic E-state index is 12.7. The molecule has 0 radical (unpaired) electrons. The molecule has 0 saturated carbocycles. The van der Waals surface area contributed by atoms with Crippen LogP contribution in [0.5, 0.6) is 0 Å². The molecule has 5 aromatic rings. The lowest BCUT2D eigenvalue weighted by Gasteiger charge is -2.24. The molecule has 174 valence electrons. The van der Waals surface area contributed by atoms with Crippen molar-refractivity contribution in [2.45, 2.75) is 26.4 Å². The number of hydrogen-bond donors (Lipinski definition) is 0. The molecule has 0 saturated heterocycles. The molecule has 1 aliphatic rings. The van der Waals surface area contributed by atoms with E-state index < -0.39 is 0 Å². The van der Waals surface area contributed by atoms with Crippen LogP contribution >= 0.6 is 0 Å². The molecular formula is C27H25N7O. The molecular weight excluding hydrogens is 438 g/mol. The first kappa shape index (κ1) is 21.2. The Bertz CT molecular complexity index is 1560. The summed E-state index contributed by atoms with van der Waals surface area (Å²) < 4.78 is 4.08. The third-order valence-corrected chi connectivity index (χ3v) is 6.68. The van der Waals surface area contributed by atoms with Crippen LogP contribution < -0.4 is 0 Å². The highest BCUT2D eigenvalue weighted by Crippen LogP contribution is 2.33. The molecule has 8 nitrogen and oxygen atoms in total. The SMILES string of the molecule is CC(C)n1cnnc1-c1ccc(-c2cncc(-c3ccnc4c3cc3n4CCN(C)C3=O)c2)cc1. The summed E-state index contributed by atoms with van der Waals surface area (Å²) in [4.78, 5) is 23.6. The minimum Gasteiger partial charge on any atom is -0.339 e. The maximum absolute atomic E-state index is 12.7. The van der Waals surface area contributed by atoms with Crippen molar-refractivity contribution in [3.05, 3.63) is 73.1 Å². The van der Waals surface area contributed by atoms with Gasteiger partial charge in [-0.1, -0.05) is 24.3 Å². The first-order valence-electron chi connectivity index (χ1n) is 11.7. The number of nitrogens with zero attached hydrogens (tertiary/aromatic N) is 7. The fourth-order valence-corrected chi connectivity index (χ4v) is 4.73. The molecule has 6 rings (SSSR count). The Morgan fingerprint density at radius 1 is 0.914 bits per heavy atom. The topological polar surface area (TPSA) is 81.7 Å². The Hall–Kier alpha value is -4.33. The lowest BCUT2D eigenvalue weighted by atomic mass is 10.00. The molecule has 1 aromatic carbocycles. The molecule has 0 unspecified atom stereocenters. The lowest BCUT2D eigenvalue weighted by molar-refractivity contribution is 0.0751. The maximum Gasteiger partial charge on any atom is 0.270 e. The van der Waals surface area contributed by atoms with Crippen molar-refractivity contribution < 1.29 is 4.79 Å². The van der Waals surface area contributed by atoms with Gasteiger partial charge in [-0.2, -0.15) is 0 Å². The van der Waals surface area contributed by atoms with Gasteiger partial charge in [-0.05, 0) is 43.2 Å². The predicted octanol–water partition coefficient (Wildman–Crippen LogP) is 4.69. The normalized spacial score (nSPS) is 13.6. The molecule has 0 N–H and O–H groups in total. The minimum atomic E-state index is 0.0282. The van der Waals surface area contributed by atoms with Crippen molar-refractivity contribution in [3.63, 3.8) is 0 Å². The third kappa shape index (κ3) is 3.49. The Morgan fingerprint density at radius 3 is 2.49 bits per heavy atom. The van der Waals surface area contributed by atoms with Gasteiger partial charge < -0.3 is 14.0 Å². The molecule has 0 bridgehead atoms. The second-order valence-electron chi connectivity index (χ2n) is 9.20. The average molecular weight is 464 g/mol. The van der Waals surface area contributed by atoms with Crippen LogP contribution in [-0.2, 0) is 6.54 Å². The summed E-state index contributed by atoms with van der Waals surface area (Å²) in [6.07, 6.45) is 7.31. The first-order chi connectivity index (χ1) is 17.0. The molecule has 1 amide bonds. The standard InChI is InChI=1S/C27H25N7O/c1-17(2)34-16-30-31-25(34)19-6-4-18(5-7-19)20-12-21(15-28-14-20)22-8-9-29-26-23(22)13-24-27(35)32(3)10-11-33(24)26/h4-9,12-17H,10-11H2,1-3H3. The molecule has 35 heavy (non-hydrogen) atoms. The van der Waals surface area contributed by atoms with Crippen LogP contribution in [0, 0.1) is 0 Å². The molecule has 0 aliphatic carbocycles. The van der Waals surface area contributed by atoms with Gasteiger partial charge in [0.1, 0.15) is 17.7 Å². The van der Waals surface area contributed by atoms with Gasteiger partial charge >= 0.3 is 0 Å². The van der Waals surface area contributed by atoms with E-state index in [-0.39, 0.29) is 11.9 Å². The van der Waals surface area contributed by atoms with Crippen molar-refractivity contribution >= 4 is 16.9 Å². The second-order valence-corrected chi connectivity index (χ2v) is 9.20. The Labute approximate surface area is 202 Å². The van der Waals surface area contributed by atoms with Gasteiger partial charge in [-0.25, -0.2) is 4.98 Å². The highest BCUT2D eigenvalue weighted by atomic mass is 16.2. The van der Waals surface area contributed by atoms with E-state index >= 15 is 0 Å². The lowest BCUT2D eigenvalue weighted by Crippen LogP contribution is -2.36. The molecule has 0 fully saturated rings. The molecule has 4 aromatic heterocycles. The summed E-state index contributed by atoms with van der Waals surface area (Å²) in [7, 11) is 1.84. The zero-order valence-electron chi connectivity index (χ0n) is 19.9. The van der Waals surface area contributed by atoms with E-state index in [4.69, 9.17) is 0 Å². The molecule has 1 aliphatic heterocycles. The fourth-order valence-electron chi connectivity index (χ4n) is 4.73. The van der Waals surface area contributed by atoms with E-state index in [1.807, 2.05) is 36.1 Å². The monoisotopic (exact) mass is 463 g/mol. The highest BCUT2D eigenvalue weighted by molar-refractivity contribution is 6.03. The summed E-state index contributed by atoms with van der Waals surface area (Å²) in [6, 6.07) is 14.7. The third-order valence-electron chi connectivity index (χ3n) is 6.68. The number of amides is 1. The van der Waals surface area contributed by atoms with Crippen molar-refractivity contribution in [1.29, 1.82) is 0 Å². The van der Waals surface area contributed by atoms with E-state index in [1.165, 1.54) is 0 Å². The Balaban J connectivity index is 1.38. The van der Waals surface area contributed by atoms with Gasteiger partial charge in [-0.3, -0.25) is 9.78 Å². The largest absolute Gasteiger partial charge is 0.339 e. The number of benzene rings is 1. The number of fused-ring (bicyclic) bond motifs is 3. The van der Waals surface area contributed by atoms with Crippen LogP contribution in [-0.4, -0.2) is 53.7 Å². The van der Waals surface area contributed by atoms with Gasteiger partial charge in [0.05, 0.1) is 0 Å². The second kappa shape index (κ2) is 8.16. The smallest absolute Gasteiger partial charge is 0.270 e. The van der Waals surface area contributed by atoms with Gasteiger partial charge in [0.15, 0.2) is 5.82 Å².